The van der Waals surface area contributed by atoms with Crippen molar-refractivity contribution in [2.24, 2.45) is 5.92 Å². The van der Waals surface area contributed by atoms with Crippen LogP contribution in [0.25, 0.3) is 0 Å². The fourth-order valence-corrected chi connectivity index (χ4v) is 2.49. The molecule has 5 heteroatoms. The van der Waals surface area contributed by atoms with Crippen molar-refractivity contribution < 1.29 is 9.53 Å². The predicted molar refractivity (Wildman–Crippen MR) is 64.1 cm³/mol. The quantitative estimate of drug-likeness (QED) is 0.699. The standard InChI is InChI=1S/C13H13N3O2/c1-8-2-3-16(6-8)12-9(5-14)4-10-11(15-12)7-18-13(10)17/h4,8H,2-3,6-7H2,1H3. The monoisotopic (exact) mass is 243 g/mol. The van der Waals surface area contributed by atoms with Crippen LogP contribution in [-0.4, -0.2) is 24.0 Å². The van der Waals surface area contributed by atoms with Gasteiger partial charge in [-0.05, 0) is 18.4 Å². The number of esters is 1. The number of cyclic esters (lactones) is 1. The second-order valence-corrected chi connectivity index (χ2v) is 4.88. The molecule has 1 atom stereocenters. The van der Waals surface area contributed by atoms with Crippen molar-refractivity contribution in [3.05, 3.63) is 22.9 Å². The molecule has 2 aliphatic rings. The molecule has 1 saturated heterocycles. The highest BCUT2D eigenvalue weighted by Crippen LogP contribution is 2.29. The summed E-state index contributed by atoms with van der Waals surface area (Å²) in [5.74, 6) is 0.929. The van der Waals surface area contributed by atoms with Crippen LogP contribution in [0.2, 0.25) is 0 Å². The molecule has 0 saturated carbocycles. The number of anilines is 1. The summed E-state index contributed by atoms with van der Waals surface area (Å²) < 4.78 is 4.93. The fourth-order valence-electron chi connectivity index (χ4n) is 2.49. The van der Waals surface area contributed by atoms with Crippen LogP contribution in [0.1, 0.15) is 35.0 Å². The van der Waals surface area contributed by atoms with Gasteiger partial charge in [0, 0.05) is 13.1 Å². The molecule has 5 nitrogen and oxygen atoms in total. The number of carbonyl (C=O) groups excluding carboxylic acids is 1. The minimum absolute atomic E-state index is 0.219. The fraction of sp³-hybridized carbons (Fsp3) is 0.462. The summed E-state index contributed by atoms with van der Waals surface area (Å²) in [4.78, 5) is 18.0. The second kappa shape index (κ2) is 3.98. The van der Waals surface area contributed by atoms with Crippen LogP contribution in [-0.2, 0) is 11.3 Å². The number of ether oxygens (including phenoxy) is 1. The lowest BCUT2D eigenvalue weighted by Gasteiger charge is -2.18. The van der Waals surface area contributed by atoms with Gasteiger partial charge in [0.1, 0.15) is 18.5 Å². The van der Waals surface area contributed by atoms with E-state index in [4.69, 9.17) is 4.74 Å². The molecule has 0 spiro atoms. The highest BCUT2D eigenvalue weighted by molar-refractivity contribution is 5.93. The minimum atomic E-state index is -0.379. The third-order valence-electron chi connectivity index (χ3n) is 3.49. The van der Waals surface area contributed by atoms with Gasteiger partial charge in [-0.15, -0.1) is 0 Å². The van der Waals surface area contributed by atoms with Crippen molar-refractivity contribution >= 4 is 11.8 Å². The number of pyridine rings is 1. The van der Waals surface area contributed by atoms with Crippen molar-refractivity contribution in [3.8, 4) is 6.07 Å². The Bertz CT molecular complexity index is 562. The lowest BCUT2D eigenvalue weighted by Crippen LogP contribution is -2.22. The SMILES string of the molecule is CC1CCN(c2nc3c(cc2C#N)C(=O)OC3)C1. The van der Waals surface area contributed by atoms with E-state index >= 15 is 0 Å². The molecule has 2 aliphatic heterocycles. The van der Waals surface area contributed by atoms with Crippen LogP contribution in [0.4, 0.5) is 5.82 Å². The summed E-state index contributed by atoms with van der Waals surface area (Å²) in [7, 11) is 0. The first-order chi connectivity index (χ1) is 8.69. The van der Waals surface area contributed by atoms with Crippen LogP contribution < -0.4 is 4.90 Å². The molecule has 18 heavy (non-hydrogen) atoms. The Morgan fingerprint density at radius 3 is 3.11 bits per heavy atom. The minimum Gasteiger partial charge on any atom is -0.455 e. The summed E-state index contributed by atoms with van der Waals surface area (Å²) in [5, 5.41) is 9.19. The maximum atomic E-state index is 11.4. The molecular weight excluding hydrogens is 230 g/mol. The number of hydrogen-bond acceptors (Lipinski definition) is 5. The van der Waals surface area contributed by atoms with E-state index in [1.54, 1.807) is 6.07 Å². The Morgan fingerprint density at radius 2 is 2.44 bits per heavy atom. The first-order valence-electron chi connectivity index (χ1n) is 6.05. The molecule has 0 aliphatic carbocycles. The van der Waals surface area contributed by atoms with E-state index in [1.165, 1.54) is 0 Å². The summed E-state index contributed by atoms with van der Waals surface area (Å²) >= 11 is 0. The Morgan fingerprint density at radius 1 is 1.61 bits per heavy atom. The molecule has 0 aromatic carbocycles. The third kappa shape index (κ3) is 1.61. The number of nitrogens with zero attached hydrogens (tertiary/aromatic N) is 3. The lowest BCUT2D eigenvalue weighted by atomic mass is 10.1. The predicted octanol–water partition coefficient (Wildman–Crippen LogP) is 1.47. The van der Waals surface area contributed by atoms with E-state index in [2.05, 4.69) is 22.9 Å². The Labute approximate surface area is 105 Å². The maximum Gasteiger partial charge on any atom is 0.340 e. The van der Waals surface area contributed by atoms with Gasteiger partial charge in [0.25, 0.3) is 0 Å². The van der Waals surface area contributed by atoms with Crippen molar-refractivity contribution in [2.45, 2.75) is 20.0 Å². The largest absolute Gasteiger partial charge is 0.455 e. The number of nitriles is 1. The van der Waals surface area contributed by atoms with Crippen LogP contribution in [0.5, 0.6) is 0 Å². The van der Waals surface area contributed by atoms with Gasteiger partial charge in [-0.25, -0.2) is 9.78 Å². The van der Waals surface area contributed by atoms with Gasteiger partial charge >= 0.3 is 5.97 Å². The summed E-state index contributed by atoms with van der Waals surface area (Å²) in [5.41, 5.74) is 1.54. The smallest absolute Gasteiger partial charge is 0.340 e. The Kier molecular flexibility index (Phi) is 2.44. The van der Waals surface area contributed by atoms with Gasteiger partial charge in [0.15, 0.2) is 0 Å². The van der Waals surface area contributed by atoms with E-state index in [0.29, 0.717) is 28.6 Å². The van der Waals surface area contributed by atoms with Crippen LogP contribution in [0, 0.1) is 17.2 Å². The van der Waals surface area contributed by atoms with Crippen molar-refractivity contribution in [3.63, 3.8) is 0 Å². The topological polar surface area (TPSA) is 66.2 Å². The van der Waals surface area contributed by atoms with E-state index < -0.39 is 0 Å². The van der Waals surface area contributed by atoms with Crippen LogP contribution in [0.15, 0.2) is 6.07 Å². The number of rotatable bonds is 1. The van der Waals surface area contributed by atoms with Gasteiger partial charge < -0.3 is 9.64 Å². The molecule has 0 amide bonds. The van der Waals surface area contributed by atoms with E-state index in [1.807, 2.05) is 0 Å². The molecule has 1 fully saturated rings. The molecular formula is C13H13N3O2. The Balaban J connectivity index is 2.05. The number of fused-ring (bicyclic) bond motifs is 1. The second-order valence-electron chi connectivity index (χ2n) is 4.88. The number of hydrogen-bond donors (Lipinski definition) is 0. The molecule has 1 aromatic rings. The molecule has 1 unspecified atom stereocenters. The molecule has 0 bridgehead atoms. The van der Waals surface area contributed by atoms with E-state index in [-0.39, 0.29) is 12.6 Å². The zero-order valence-electron chi connectivity index (χ0n) is 10.1. The van der Waals surface area contributed by atoms with Crippen molar-refractivity contribution in [1.82, 2.24) is 4.98 Å². The number of aromatic nitrogens is 1. The zero-order chi connectivity index (χ0) is 12.7. The van der Waals surface area contributed by atoms with Gasteiger partial charge in [-0.1, -0.05) is 6.92 Å². The van der Waals surface area contributed by atoms with Crippen molar-refractivity contribution in [1.29, 1.82) is 5.26 Å². The zero-order valence-corrected chi connectivity index (χ0v) is 10.1. The normalized spacial score (nSPS) is 21.7. The van der Waals surface area contributed by atoms with Crippen LogP contribution in [0.3, 0.4) is 0 Å². The number of carbonyl (C=O) groups is 1. The first-order valence-corrected chi connectivity index (χ1v) is 6.05. The van der Waals surface area contributed by atoms with Gasteiger partial charge in [-0.3, -0.25) is 0 Å². The molecule has 3 heterocycles. The summed E-state index contributed by atoms with van der Waals surface area (Å²) in [6, 6.07) is 3.73. The highest BCUT2D eigenvalue weighted by atomic mass is 16.5. The average Bonchev–Trinajstić information content (AvgIpc) is 2.95. The van der Waals surface area contributed by atoms with E-state index in [9.17, 15) is 10.1 Å². The average molecular weight is 243 g/mol. The first kappa shape index (κ1) is 11.0. The van der Waals surface area contributed by atoms with Crippen LogP contribution >= 0.6 is 0 Å². The molecule has 92 valence electrons. The molecule has 1 aromatic heterocycles. The highest BCUT2D eigenvalue weighted by Gasteiger charge is 2.28. The summed E-state index contributed by atoms with van der Waals surface area (Å²) in [6.07, 6.45) is 1.11. The van der Waals surface area contributed by atoms with E-state index in [0.717, 1.165) is 19.5 Å². The van der Waals surface area contributed by atoms with Gasteiger partial charge in [0.05, 0.1) is 16.8 Å². The molecule has 0 N–H and O–H groups in total. The molecule has 0 radical (unpaired) electrons. The molecule has 3 rings (SSSR count). The van der Waals surface area contributed by atoms with Gasteiger partial charge in [0.2, 0.25) is 0 Å². The third-order valence-corrected chi connectivity index (χ3v) is 3.49. The summed E-state index contributed by atoms with van der Waals surface area (Å²) in [6.45, 7) is 4.23. The lowest BCUT2D eigenvalue weighted by molar-refractivity contribution is 0.0533. The Hall–Kier alpha value is -2.09. The van der Waals surface area contributed by atoms with Crippen molar-refractivity contribution in [2.75, 3.05) is 18.0 Å². The maximum absolute atomic E-state index is 11.4. The van der Waals surface area contributed by atoms with Gasteiger partial charge in [-0.2, -0.15) is 5.26 Å².